The molecule has 0 aliphatic carbocycles. The molecule has 7 heteroatoms. The second-order valence-electron chi connectivity index (χ2n) is 5.19. The number of benzene rings is 1. The lowest BCUT2D eigenvalue weighted by atomic mass is 10.2. The van der Waals surface area contributed by atoms with Crippen LogP contribution in [0.4, 0.5) is 10.8 Å². The molecule has 0 bridgehead atoms. The molecular weight excluding hydrogens is 334 g/mol. The van der Waals surface area contributed by atoms with Crippen molar-refractivity contribution in [1.82, 2.24) is 4.98 Å². The Morgan fingerprint density at radius 3 is 2.52 bits per heavy atom. The summed E-state index contributed by atoms with van der Waals surface area (Å²) < 4.78 is 4.98. The Bertz CT molecular complexity index is 666. The minimum atomic E-state index is -0.352. The number of hydrogen-bond donors (Lipinski definition) is 0. The Balaban J connectivity index is 1.60. The molecule has 1 aliphatic rings. The fraction of sp³-hybridized carbons (Fsp3) is 0.375. The Hall–Kier alpha value is -1.79. The Morgan fingerprint density at radius 2 is 1.87 bits per heavy atom. The second-order valence-corrected chi connectivity index (χ2v) is 6.46. The van der Waals surface area contributed by atoms with Crippen LogP contribution in [0.5, 0.6) is 0 Å². The first-order valence-corrected chi connectivity index (χ1v) is 8.81. The number of halogens is 1. The molecular formula is C16H18ClN3O2S. The van der Waals surface area contributed by atoms with Crippen LogP contribution in [-0.2, 0) is 4.74 Å². The number of carbonyl (C=O) groups is 1. The van der Waals surface area contributed by atoms with Crippen LogP contribution in [0.1, 0.15) is 17.4 Å². The highest BCUT2D eigenvalue weighted by molar-refractivity contribution is 7.13. The Morgan fingerprint density at radius 1 is 1.22 bits per heavy atom. The van der Waals surface area contributed by atoms with Crippen molar-refractivity contribution >= 4 is 39.7 Å². The Labute approximate surface area is 144 Å². The highest BCUT2D eigenvalue weighted by Crippen LogP contribution is 2.25. The number of thiazole rings is 1. The lowest BCUT2D eigenvalue weighted by Gasteiger charge is -2.36. The summed E-state index contributed by atoms with van der Waals surface area (Å²) >= 11 is 7.42. The molecule has 0 atom stereocenters. The monoisotopic (exact) mass is 351 g/mol. The minimum absolute atomic E-state index is 0.352. The van der Waals surface area contributed by atoms with Crippen LogP contribution >= 0.6 is 22.9 Å². The van der Waals surface area contributed by atoms with Gasteiger partial charge in [0.25, 0.3) is 0 Å². The number of rotatable bonds is 4. The predicted molar refractivity (Wildman–Crippen MR) is 93.9 cm³/mol. The number of anilines is 2. The molecule has 0 N–H and O–H groups in total. The van der Waals surface area contributed by atoms with Crippen LogP contribution < -0.4 is 9.80 Å². The van der Waals surface area contributed by atoms with Crippen molar-refractivity contribution in [3.63, 3.8) is 0 Å². The SMILES string of the molecule is CCOC(=O)c1csc(N2CCN(c3ccc(Cl)cc3)CC2)n1. The van der Waals surface area contributed by atoms with E-state index in [1.165, 1.54) is 17.0 Å². The van der Waals surface area contributed by atoms with Gasteiger partial charge in [-0.15, -0.1) is 11.3 Å². The molecule has 0 saturated carbocycles. The molecule has 1 aromatic carbocycles. The van der Waals surface area contributed by atoms with Gasteiger partial charge in [0.15, 0.2) is 10.8 Å². The van der Waals surface area contributed by atoms with Crippen LogP contribution in [0.25, 0.3) is 0 Å². The fourth-order valence-electron chi connectivity index (χ4n) is 2.52. The van der Waals surface area contributed by atoms with E-state index in [4.69, 9.17) is 16.3 Å². The lowest BCUT2D eigenvalue weighted by molar-refractivity contribution is 0.0520. The standard InChI is InChI=1S/C16H18ClN3O2S/c1-2-22-15(21)14-11-23-16(18-14)20-9-7-19(8-10-20)13-5-3-12(17)4-6-13/h3-6,11H,2,7-10H2,1H3. The number of piperazine rings is 1. The van der Waals surface area contributed by atoms with Crippen molar-refractivity contribution < 1.29 is 9.53 Å². The fourth-order valence-corrected chi connectivity index (χ4v) is 3.49. The van der Waals surface area contributed by atoms with E-state index in [-0.39, 0.29) is 5.97 Å². The molecule has 0 radical (unpaired) electrons. The van der Waals surface area contributed by atoms with Crippen LogP contribution in [-0.4, -0.2) is 43.7 Å². The number of hydrogen-bond acceptors (Lipinski definition) is 6. The molecule has 1 fully saturated rings. The molecule has 23 heavy (non-hydrogen) atoms. The van der Waals surface area contributed by atoms with E-state index in [0.29, 0.717) is 12.3 Å². The van der Waals surface area contributed by atoms with E-state index in [1.807, 2.05) is 24.3 Å². The van der Waals surface area contributed by atoms with E-state index >= 15 is 0 Å². The average molecular weight is 352 g/mol. The van der Waals surface area contributed by atoms with Gasteiger partial charge in [-0.2, -0.15) is 0 Å². The van der Waals surface area contributed by atoms with Gasteiger partial charge < -0.3 is 14.5 Å². The van der Waals surface area contributed by atoms with Crippen LogP contribution in [0.2, 0.25) is 5.02 Å². The molecule has 5 nitrogen and oxygen atoms in total. The number of nitrogens with zero attached hydrogens (tertiary/aromatic N) is 3. The zero-order valence-electron chi connectivity index (χ0n) is 12.9. The maximum atomic E-state index is 11.7. The van der Waals surface area contributed by atoms with Gasteiger partial charge in [0, 0.05) is 42.3 Å². The molecule has 1 aromatic heterocycles. The van der Waals surface area contributed by atoms with Crippen molar-refractivity contribution in [2.45, 2.75) is 6.92 Å². The average Bonchev–Trinajstić information content (AvgIpc) is 3.06. The van der Waals surface area contributed by atoms with E-state index < -0.39 is 0 Å². The summed E-state index contributed by atoms with van der Waals surface area (Å²) in [4.78, 5) is 20.6. The van der Waals surface area contributed by atoms with Gasteiger partial charge in [-0.05, 0) is 31.2 Å². The largest absolute Gasteiger partial charge is 0.461 e. The maximum absolute atomic E-state index is 11.7. The minimum Gasteiger partial charge on any atom is -0.461 e. The Kier molecular flexibility index (Phi) is 5.03. The topological polar surface area (TPSA) is 45.7 Å². The summed E-state index contributed by atoms with van der Waals surface area (Å²) in [6, 6.07) is 7.91. The van der Waals surface area contributed by atoms with Gasteiger partial charge in [-0.25, -0.2) is 9.78 Å². The molecule has 0 spiro atoms. The molecule has 122 valence electrons. The van der Waals surface area contributed by atoms with Gasteiger partial charge in [-0.1, -0.05) is 11.6 Å². The smallest absolute Gasteiger partial charge is 0.357 e. The van der Waals surface area contributed by atoms with Crippen molar-refractivity contribution in [3.8, 4) is 0 Å². The second kappa shape index (κ2) is 7.19. The highest BCUT2D eigenvalue weighted by Gasteiger charge is 2.21. The van der Waals surface area contributed by atoms with E-state index in [2.05, 4.69) is 14.8 Å². The summed E-state index contributed by atoms with van der Waals surface area (Å²) in [5, 5.41) is 3.39. The summed E-state index contributed by atoms with van der Waals surface area (Å²) in [5.74, 6) is -0.352. The van der Waals surface area contributed by atoms with Crippen molar-refractivity contribution in [1.29, 1.82) is 0 Å². The van der Waals surface area contributed by atoms with E-state index in [9.17, 15) is 4.79 Å². The van der Waals surface area contributed by atoms with Crippen molar-refractivity contribution in [2.24, 2.45) is 0 Å². The number of esters is 1. The summed E-state index contributed by atoms with van der Waals surface area (Å²) in [6.45, 7) is 5.73. The van der Waals surface area contributed by atoms with Crippen molar-refractivity contribution in [3.05, 3.63) is 40.4 Å². The third-order valence-corrected chi connectivity index (χ3v) is 4.87. The summed E-state index contributed by atoms with van der Waals surface area (Å²) in [5.41, 5.74) is 1.58. The molecule has 2 aromatic rings. The summed E-state index contributed by atoms with van der Waals surface area (Å²) in [6.07, 6.45) is 0. The number of aromatic nitrogens is 1. The quantitative estimate of drug-likeness (QED) is 0.791. The number of carbonyl (C=O) groups excluding carboxylic acids is 1. The zero-order valence-corrected chi connectivity index (χ0v) is 14.4. The highest BCUT2D eigenvalue weighted by atomic mass is 35.5. The van der Waals surface area contributed by atoms with Gasteiger partial charge in [0.05, 0.1) is 6.61 Å². The van der Waals surface area contributed by atoms with Crippen LogP contribution in [0.15, 0.2) is 29.6 Å². The van der Waals surface area contributed by atoms with Gasteiger partial charge in [0.2, 0.25) is 0 Å². The van der Waals surface area contributed by atoms with E-state index in [0.717, 1.165) is 36.3 Å². The van der Waals surface area contributed by atoms with Crippen molar-refractivity contribution in [2.75, 3.05) is 42.6 Å². The maximum Gasteiger partial charge on any atom is 0.357 e. The molecule has 3 rings (SSSR count). The van der Waals surface area contributed by atoms with Crippen LogP contribution in [0, 0.1) is 0 Å². The van der Waals surface area contributed by atoms with Gasteiger partial charge in [-0.3, -0.25) is 0 Å². The third kappa shape index (κ3) is 3.76. The van der Waals surface area contributed by atoms with Gasteiger partial charge >= 0.3 is 5.97 Å². The molecule has 2 heterocycles. The molecule has 0 amide bonds. The lowest BCUT2D eigenvalue weighted by Crippen LogP contribution is -2.46. The van der Waals surface area contributed by atoms with Gasteiger partial charge in [0.1, 0.15) is 0 Å². The van der Waals surface area contributed by atoms with Crippen LogP contribution in [0.3, 0.4) is 0 Å². The first-order valence-electron chi connectivity index (χ1n) is 7.55. The molecule has 1 aliphatic heterocycles. The van der Waals surface area contributed by atoms with E-state index in [1.54, 1.807) is 12.3 Å². The summed E-state index contributed by atoms with van der Waals surface area (Å²) in [7, 11) is 0. The first kappa shape index (κ1) is 16.1. The third-order valence-electron chi connectivity index (χ3n) is 3.72. The molecule has 0 unspecified atom stereocenters. The normalized spacial score (nSPS) is 14.9. The number of ether oxygens (including phenoxy) is 1. The first-order chi connectivity index (χ1) is 11.2. The predicted octanol–water partition coefficient (Wildman–Crippen LogP) is 3.30. The zero-order chi connectivity index (χ0) is 16.2. The molecule has 1 saturated heterocycles.